The summed E-state index contributed by atoms with van der Waals surface area (Å²) >= 11 is 0. The van der Waals surface area contributed by atoms with Crippen LogP contribution in [0.2, 0.25) is 0 Å². The average molecular weight is 200 g/mol. The van der Waals surface area contributed by atoms with E-state index in [2.05, 4.69) is 11.7 Å². The summed E-state index contributed by atoms with van der Waals surface area (Å²) in [4.78, 5) is 10.4. The van der Waals surface area contributed by atoms with E-state index in [0.29, 0.717) is 12.5 Å². The summed E-state index contributed by atoms with van der Waals surface area (Å²) in [6, 6.07) is 0.176. The highest BCUT2D eigenvalue weighted by Gasteiger charge is 1.96. The first-order valence-corrected chi connectivity index (χ1v) is 4.59. The largest absolute Gasteiger partial charge is 0.462 e. The number of esters is 1. The second-order valence-corrected chi connectivity index (χ2v) is 3.45. The molecule has 4 nitrogen and oxygen atoms in total. The van der Waals surface area contributed by atoms with E-state index in [-0.39, 0.29) is 12.0 Å². The Balaban J connectivity index is 0. The molecule has 0 atom stereocenters. The van der Waals surface area contributed by atoms with Gasteiger partial charge in [-0.2, -0.15) is 5.11 Å². The number of carbonyl (C=O) groups is 1. The van der Waals surface area contributed by atoms with Crippen molar-refractivity contribution in [3.05, 3.63) is 12.7 Å². The van der Waals surface area contributed by atoms with Gasteiger partial charge in [-0.3, -0.25) is 0 Å². The molecule has 82 valence electrons. The Bertz CT molecular complexity index is 177. The molecule has 0 aliphatic rings. The van der Waals surface area contributed by atoms with E-state index in [1.807, 2.05) is 27.7 Å². The quantitative estimate of drug-likeness (QED) is 0.431. The van der Waals surface area contributed by atoms with Gasteiger partial charge in [-0.15, -0.1) is 0 Å². The molecule has 0 aliphatic carbocycles. The molecule has 0 radical (unpaired) electrons. The van der Waals surface area contributed by atoms with Gasteiger partial charge in [0.2, 0.25) is 0 Å². The maximum Gasteiger partial charge on any atom is 0.330 e. The third kappa shape index (κ3) is 17.1. The first kappa shape index (κ1) is 15.3. The van der Waals surface area contributed by atoms with Crippen molar-refractivity contribution in [2.24, 2.45) is 11.0 Å². The molecule has 0 rings (SSSR count). The van der Waals surface area contributed by atoms with Crippen LogP contribution in [0.4, 0.5) is 0 Å². The van der Waals surface area contributed by atoms with Crippen molar-refractivity contribution in [1.29, 1.82) is 5.53 Å². The minimum atomic E-state index is -0.344. The highest BCUT2D eigenvalue weighted by atomic mass is 16.5. The summed E-state index contributed by atoms with van der Waals surface area (Å²) < 4.78 is 4.70. The van der Waals surface area contributed by atoms with Gasteiger partial charge in [-0.25, -0.2) is 10.3 Å². The van der Waals surface area contributed by atoms with Gasteiger partial charge < -0.3 is 4.74 Å². The lowest BCUT2D eigenvalue weighted by Crippen LogP contribution is -2.06. The van der Waals surface area contributed by atoms with Crippen molar-refractivity contribution >= 4 is 5.97 Å². The molecule has 14 heavy (non-hydrogen) atoms. The van der Waals surface area contributed by atoms with Crippen molar-refractivity contribution in [1.82, 2.24) is 0 Å². The van der Waals surface area contributed by atoms with Gasteiger partial charge in [0.25, 0.3) is 0 Å². The molecule has 0 amide bonds. The van der Waals surface area contributed by atoms with Gasteiger partial charge in [0, 0.05) is 6.08 Å². The Hall–Kier alpha value is -1.19. The Labute approximate surface area is 85.9 Å². The smallest absolute Gasteiger partial charge is 0.330 e. The van der Waals surface area contributed by atoms with Crippen LogP contribution < -0.4 is 0 Å². The zero-order valence-electron chi connectivity index (χ0n) is 9.41. The fourth-order valence-electron chi connectivity index (χ4n) is 0.308. The van der Waals surface area contributed by atoms with Crippen LogP contribution in [0.3, 0.4) is 0 Å². The normalized spacial score (nSPS) is 9.00. The molecule has 4 heteroatoms. The highest BCUT2D eigenvalue weighted by Crippen LogP contribution is 1.92. The molecule has 0 heterocycles. The first-order chi connectivity index (χ1) is 6.43. The van der Waals surface area contributed by atoms with Crippen LogP contribution >= 0.6 is 0 Å². The van der Waals surface area contributed by atoms with Gasteiger partial charge in [-0.05, 0) is 19.8 Å². The van der Waals surface area contributed by atoms with Crippen molar-refractivity contribution in [2.45, 2.75) is 33.7 Å². The molecule has 0 aromatic rings. The SMILES string of the molecule is C=CC(=O)OCC(C)C.CC(C)N=N. The van der Waals surface area contributed by atoms with Crippen LogP contribution in [0.25, 0.3) is 0 Å². The summed E-state index contributed by atoms with van der Waals surface area (Å²) in [5.74, 6) is 0.0533. The predicted octanol–water partition coefficient (Wildman–Crippen LogP) is 2.80. The standard InChI is InChI=1S/C7H12O2.C3H8N2/c1-4-7(8)9-5-6(2)3;1-3(2)5-4/h4,6H,1,5H2,2-3H3;3-4H,1-2H3. The first-order valence-electron chi connectivity index (χ1n) is 4.59. The lowest BCUT2D eigenvalue weighted by molar-refractivity contribution is -0.138. The van der Waals surface area contributed by atoms with E-state index in [1.165, 1.54) is 6.08 Å². The summed E-state index contributed by atoms with van der Waals surface area (Å²) in [6.45, 7) is 11.4. The Morgan fingerprint density at radius 1 is 1.50 bits per heavy atom. The number of hydrogen-bond acceptors (Lipinski definition) is 4. The monoisotopic (exact) mass is 200 g/mol. The summed E-state index contributed by atoms with van der Waals surface area (Å²) in [5, 5.41) is 3.14. The van der Waals surface area contributed by atoms with Crippen molar-refractivity contribution in [3.8, 4) is 0 Å². The van der Waals surface area contributed by atoms with Gasteiger partial charge >= 0.3 is 5.97 Å². The Morgan fingerprint density at radius 2 is 1.93 bits per heavy atom. The zero-order chi connectivity index (χ0) is 11.6. The molecule has 0 fully saturated rings. The Kier molecular flexibility index (Phi) is 10.8. The van der Waals surface area contributed by atoms with Crippen molar-refractivity contribution < 1.29 is 9.53 Å². The fourth-order valence-corrected chi connectivity index (χ4v) is 0.308. The molecule has 0 spiro atoms. The van der Waals surface area contributed by atoms with Gasteiger partial charge in [0.1, 0.15) is 0 Å². The predicted molar refractivity (Wildman–Crippen MR) is 56.3 cm³/mol. The second kappa shape index (κ2) is 9.89. The molecular formula is C10H20N2O2. The van der Waals surface area contributed by atoms with Crippen molar-refractivity contribution in [2.75, 3.05) is 6.61 Å². The molecule has 0 aliphatic heterocycles. The molecule has 0 saturated heterocycles. The lowest BCUT2D eigenvalue weighted by Gasteiger charge is -2.02. The van der Waals surface area contributed by atoms with Gasteiger partial charge in [-0.1, -0.05) is 20.4 Å². The van der Waals surface area contributed by atoms with Crippen LogP contribution in [-0.2, 0) is 9.53 Å². The summed E-state index contributed by atoms with van der Waals surface area (Å²) in [5.41, 5.74) is 6.28. The van der Waals surface area contributed by atoms with Gasteiger partial charge in [0.15, 0.2) is 0 Å². The van der Waals surface area contributed by atoms with E-state index >= 15 is 0 Å². The van der Waals surface area contributed by atoms with E-state index in [1.54, 1.807) is 0 Å². The van der Waals surface area contributed by atoms with Crippen LogP contribution in [-0.4, -0.2) is 18.6 Å². The summed E-state index contributed by atoms with van der Waals surface area (Å²) in [6.07, 6.45) is 1.17. The van der Waals surface area contributed by atoms with Crippen molar-refractivity contribution in [3.63, 3.8) is 0 Å². The van der Waals surface area contributed by atoms with E-state index in [0.717, 1.165) is 0 Å². The molecule has 0 aromatic heterocycles. The molecule has 0 aromatic carbocycles. The van der Waals surface area contributed by atoms with Crippen LogP contribution in [0, 0.1) is 11.4 Å². The summed E-state index contributed by atoms with van der Waals surface area (Å²) in [7, 11) is 0. The maximum absolute atomic E-state index is 10.4. The van der Waals surface area contributed by atoms with E-state index in [4.69, 9.17) is 10.3 Å². The van der Waals surface area contributed by atoms with Crippen LogP contribution in [0.1, 0.15) is 27.7 Å². The third-order valence-electron chi connectivity index (χ3n) is 0.984. The molecule has 0 saturated carbocycles. The Morgan fingerprint density at radius 3 is 2.14 bits per heavy atom. The number of hydrogen-bond donors (Lipinski definition) is 1. The average Bonchev–Trinajstić information content (AvgIpc) is 2.14. The third-order valence-corrected chi connectivity index (χ3v) is 0.984. The molecule has 1 N–H and O–H groups in total. The number of carbonyl (C=O) groups excluding carboxylic acids is 1. The van der Waals surface area contributed by atoms with E-state index in [9.17, 15) is 4.79 Å². The number of rotatable bonds is 4. The second-order valence-electron chi connectivity index (χ2n) is 3.45. The number of nitrogens with one attached hydrogen (secondary N) is 1. The van der Waals surface area contributed by atoms with Gasteiger partial charge in [0.05, 0.1) is 12.6 Å². The minimum Gasteiger partial charge on any atom is -0.462 e. The molecular weight excluding hydrogens is 180 g/mol. The molecule has 0 unspecified atom stereocenters. The van der Waals surface area contributed by atoms with E-state index < -0.39 is 0 Å². The topological polar surface area (TPSA) is 62.5 Å². The lowest BCUT2D eigenvalue weighted by atomic mass is 10.2. The van der Waals surface area contributed by atoms with Crippen LogP contribution in [0.15, 0.2) is 17.8 Å². The number of ether oxygens (including phenoxy) is 1. The highest BCUT2D eigenvalue weighted by molar-refractivity contribution is 5.81. The number of nitrogens with zero attached hydrogens (tertiary/aromatic N) is 1. The zero-order valence-corrected chi connectivity index (χ0v) is 9.41. The minimum absolute atomic E-state index is 0.176. The maximum atomic E-state index is 10.4. The van der Waals surface area contributed by atoms with Crippen LogP contribution in [0.5, 0.6) is 0 Å². The fraction of sp³-hybridized carbons (Fsp3) is 0.700. The molecule has 0 bridgehead atoms.